The molecule has 98 valence electrons. The number of rotatable bonds is 0. The first-order valence-electron chi connectivity index (χ1n) is 7.13. The van der Waals surface area contributed by atoms with E-state index in [2.05, 4.69) is 27.7 Å². The van der Waals surface area contributed by atoms with Gasteiger partial charge in [-0.1, -0.05) is 27.7 Å². The summed E-state index contributed by atoms with van der Waals surface area (Å²) in [5, 5.41) is 21.9. The molecule has 2 N–H and O–H groups in total. The Morgan fingerprint density at radius 1 is 1.18 bits per heavy atom. The van der Waals surface area contributed by atoms with Crippen LogP contribution in [0.2, 0.25) is 0 Å². The lowest BCUT2D eigenvalue weighted by atomic mass is 9.59. The highest BCUT2D eigenvalue weighted by atomic mass is 16.3. The molecule has 0 bridgehead atoms. The number of hydrogen-bond donors (Lipinski definition) is 2. The van der Waals surface area contributed by atoms with Crippen LogP contribution in [-0.2, 0) is 0 Å². The Morgan fingerprint density at radius 2 is 1.82 bits per heavy atom. The molecule has 3 saturated carbocycles. The van der Waals surface area contributed by atoms with E-state index < -0.39 is 5.60 Å². The van der Waals surface area contributed by atoms with Crippen molar-refractivity contribution < 1.29 is 10.2 Å². The van der Waals surface area contributed by atoms with Crippen molar-refractivity contribution in [3.05, 3.63) is 0 Å². The second-order valence-corrected chi connectivity index (χ2v) is 7.95. The van der Waals surface area contributed by atoms with Crippen LogP contribution in [0.25, 0.3) is 0 Å². The van der Waals surface area contributed by atoms with Crippen molar-refractivity contribution in [2.75, 3.05) is 0 Å². The topological polar surface area (TPSA) is 40.5 Å². The average molecular weight is 238 g/mol. The average Bonchev–Trinajstić information content (AvgIpc) is 2.45. The molecule has 0 aliphatic heterocycles. The standard InChI is InChI=1S/C15H26O2/c1-9-7-11(16)12-13(2,3)8-14(4)6-5-10(9)15(12,14)17/h9-12,16-17H,5-8H2,1-4H3/t9-,10+,11+,12+,14+,15-/m1/s1. The van der Waals surface area contributed by atoms with Crippen LogP contribution in [-0.4, -0.2) is 21.9 Å². The highest BCUT2D eigenvalue weighted by molar-refractivity contribution is 5.22. The monoisotopic (exact) mass is 238 g/mol. The first-order valence-corrected chi connectivity index (χ1v) is 7.13. The fourth-order valence-electron chi connectivity index (χ4n) is 6.10. The van der Waals surface area contributed by atoms with Gasteiger partial charge < -0.3 is 10.2 Å². The van der Waals surface area contributed by atoms with Crippen LogP contribution >= 0.6 is 0 Å². The summed E-state index contributed by atoms with van der Waals surface area (Å²) in [4.78, 5) is 0. The molecule has 17 heavy (non-hydrogen) atoms. The third-order valence-electron chi connectivity index (χ3n) is 6.39. The zero-order valence-corrected chi connectivity index (χ0v) is 11.5. The van der Waals surface area contributed by atoms with Gasteiger partial charge in [-0.15, -0.1) is 0 Å². The van der Waals surface area contributed by atoms with Crippen molar-refractivity contribution in [1.29, 1.82) is 0 Å². The van der Waals surface area contributed by atoms with Gasteiger partial charge in [0.2, 0.25) is 0 Å². The zero-order valence-electron chi connectivity index (χ0n) is 11.5. The predicted molar refractivity (Wildman–Crippen MR) is 67.5 cm³/mol. The SMILES string of the molecule is C[C@@H]1C[C@H](O)[C@H]2C(C)(C)C[C@]3(C)CC[C@@H]1[C@@]23O. The molecule has 3 aliphatic rings. The Bertz CT molecular complexity index is 351. The molecule has 0 saturated heterocycles. The van der Waals surface area contributed by atoms with Gasteiger partial charge in [0, 0.05) is 5.92 Å². The van der Waals surface area contributed by atoms with E-state index in [0.29, 0.717) is 11.8 Å². The van der Waals surface area contributed by atoms with Crippen LogP contribution in [0.1, 0.15) is 53.4 Å². The first kappa shape index (κ1) is 12.0. The lowest BCUT2D eigenvalue weighted by Gasteiger charge is -2.51. The lowest BCUT2D eigenvalue weighted by Crippen LogP contribution is -2.58. The van der Waals surface area contributed by atoms with E-state index >= 15 is 0 Å². The van der Waals surface area contributed by atoms with Gasteiger partial charge in [0.15, 0.2) is 0 Å². The molecule has 3 aliphatic carbocycles. The number of hydrogen-bond acceptors (Lipinski definition) is 2. The van der Waals surface area contributed by atoms with Gasteiger partial charge >= 0.3 is 0 Å². The Labute approximate surface area is 104 Å². The Morgan fingerprint density at radius 3 is 2.47 bits per heavy atom. The Hall–Kier alpha value is -0.0800. The van der Waals surface area contributed by atoms with Crippen LogP contribution in [0.4, 0.5) is 0 Å². The van der Waals surface area contributed by atoms with Gasteiger partial charge in [-0.05, 0) is 48.3 Å². The van der Waals surface area contributed by atoms with E-state index in [0.717, 1.165) is 25.7 Å². The number of aliphatic hydroxyl groups excluding tert-OH is 1. The molecule has 2 nitrogen and oxygen atoms in total. The lowest BCUT2D eigenvalue weighted by molar-refractivity contribution is -0.178. The molecule has 0 aromatic heterocycles. The van der Waals surface area contributed by atoms with Gasteiger partial charge in [-0.3, -0.25) is 0 Å². The summed E-state index contributed by atoms with van der Waals surface area (Å²) in [6.45, 7) is 8.92. The van der Waals surface area contributed by atoms with Crippen molar-refractivity contribution in [3.8, 4) is 0 Å². The minimum Gasteiger partial charge on any atom is -0.393 e. The zero-order chi connectivity index (χ0) is 12.6. The van der Waals surface area contributed by atoms with E-state index in [1.165, 1.54) is 0 Å². The van der Waals surface area contributed by atoms with E-state index in [1.54, 1.807) is 0 Å². The highest BCUT2D eigenvalue weighted by Crippen LogP contribution is 2.71. The van der Waals surface area contributed by atoms with Crippen LogP contribution < -0.4 is 0 Å². The third kappa shape index (κ3) is 1.19. The van der Waals surface area contributed by atoms with E-state index in [1.807, 2.05) is 0 Å². The van der Waals surface area contributed by atoms with Crippen molar-refractivity contribution >= 4 is 0 Å². The van der Waals surface area contributed by atoms with Gasteiger partial charge in [-0.2, -0.15) is 0 Å². The van der Waals surface area contributed by atoms with Crippen LogP contribution in [0.5, 0.6) is 0 Å². The van der Waals surface area contributed by atoms with Gasteiger partial charge in [0.05, 0.1) is 11.7 Å². The van der Waals surface area contributed by atoms with Crippen molar-refractivity contribution in [3.63, 3.8) is 0 Å². The maximum atomic E-state index is 11.4. The van der Waals surface area contributed by atoms with E-state index in [-0.39, 0.29) is 22.9 Å². The maximum Gasteiger partial charge on any atom is 0.0789 e. The fourth-order valence-corrected chi connectivity index (χ4v) is 6.10. The summed E-state index contributed by atoms with van der Waals surface area (Å²) >= 11 is 0. The summed E-state index contributed by atoms with van der Waals surface area (Å²) in [6, 6.07) is 0. The van der Waals surface area contributed by atoms with Crippen molar-refractivity contribution in [2.45, 2.75) is 65.1 Å². The molecule has 3 fully saturated rings. The molecule has 0 heterocycles. The molecular formula is C15H26O2. The first-order chi connectivity index (χ1) is 7.72. The van der Waals surface area contributed by atoms with Crippen molar-refractivity contribution in [2.24, 2.45) is 28.6 Å². The molecule has 0 radical (unpaired) electrons. The van der Waals surface area contributed by atoms with E-state index in [9.17, 15) is 10.2 Å². The molecule has 0 amide bonds. The maximum absolute atomic E-state index is 11.4. The molecule has 0 unspecified atom stereocenters. The molecule has 0 spiro atoms. The molecule has 6 atom stereocenters. The molecule has 3 rings (SSSR count). The van der Waals surface area contributed by atoms with Gasteiger partial charge in [0.1, 0.15) is 0 Å². The van der Waals surface area contributed by atoms with E-state index in [4.69, 9.17) is 0 Å². The number of aliphatic hydroxyl groups is 2. The quantitative estimate of drug-likeness (QED) is 0.681. The normalized spacial score (nSPS) is 60.4. The van der Waals surface area contributed by atoms with Crippen LogP contribution in [0.3, 0.4) is 0 Å². The molecular weight excluding hydrogens is 212 g/mol. The minimum atomic E-state index is -0.617. The predicted octanol–water partition coefficient (Wildman–Crippen LogP) is 2.58. The largest absolute Gasteiger partial charge is 0.393 e. The van der Waals surface area contributed by atoms with Gasteiger partial charge in [-0.25, -0.2) is 0 Å². The van der Waals surface area contributed by atoms with Crippen molar-refractivity contribution in [1.82, 2.24) is 0 Å². The smallest absolute Gasteiger partial charge is 0.0789 e. The fraction of sp³-hybridized carbons (Fsp3) is 1.00. The minimum absolute atomic E-state index is 0.0293. The summed E-state index contributed by atoms with van der Waals surface area (Å²) in [7, 11) is 0. The second-order valence-electron chi connectivity index (χ2n) is 7.95. The Kier molecular flexibility index (Phi) is 2.17. The van der Waals surface area contributed by atoms with Crippen LogP contribution in [0.15, 0.2) is 0 Å². The summed E-state index contributed by atoms with van der Waals surface area (Å²) in [5.41, 5.74) is -0.517. The van der Waals surface area contributed by atoms with Gasteiger partial charge in [0.25, 0.3) is 0 Å². The summed E-state index contributed by atoms with van der Waals surface area (Å²) < 4.78 is 0. The Balaban J connectivity index is 2.14. The highest BCUT2D eigenvalue weighted by Gasteiger charge is 2.73. The second kappa shape index (κ2) is 3.08. The van der Waals surface area contributed by atoms with Crippen LogP contribution in [0, 0.1) is 28.6 Å². The molecule has 0 aromatic rings. The molecule has 2 heteroatoms. The summed E-state index contributed by atoms with van der Waals surface area (Å²) in [6.07, 6.45) is 3.89. The third-order valence-corrected chi connectivity index (χ3v) is 6.39. The summed E-state index contributed by atoms with van der Waals surface area (Å²) in [5.74, 6) is 0.938. The molecule has 0 aromatic carbocycles.